The first-order valence-electron chi connectivity index (χ1n) is 18.6. The summed E-state index contributed by atoms with van der Waals surface area (Å²) >= 11 is 0. The Morgan fingerprint density at radius 1 is 0.922 bits per heavy atom. The molecule has 4 aliphatic heterocycles. The zero-order valence-corrected chi connectivity index (χ0v) is 29.5. The van der Waals surface area contributed by atoms with Crippen LogP contribution in [0.15, 0.2) is 42.6 Å². The van der Waals surface area contributed by atoms with E-state index in [2.05, 4.69) is 33.0 Å². The Morgan fingerprint density at radius 3 is 2.33 bits per heavy atom. The van der Waals surface area contributed by atoms with Crippen molar-refractivity contribution in [2.75, 3.05) is 57.7 Å². The Bertz CT molecular complexity index is 1740. The molecule has 5 heterocycles. The second kappa shape index (κ2) is 15.3. The van der Waals surface area contributed by atoms with E-state index in [1.165, 1.54) is 0 Å². The predicted molar refractivity (Wildman–Crippen MR) is 193 cm³/mol. The summed E-state index contributed by atoms with van der Waals surface area (Å²) in [6, 6.07) is 11.0. The first kappa shape index (κ1) is 34.8. The summed E-state index contributed by atoms with van der Waals surface area (Å²) in [5.74, 6) is 0.228. The number of carboxylic acid groups (broad SMARTS) is 1. The highest BCUT2D eigenvalue weighted by Gasteiger charge is 2.36. The van der Waals surface area contributed by atoms with Crippen molar-refractivity contribution in [3.05, 3.63) is 59.3 Å². The number of rotatable bonds is 8. The van der Waals surface area contributed by atoms with Crippen LogP contribution in [0.25, 0.3) is 10.9 Å². The van der Waals surface area contributed by atoms with Crippen molar-refractivity contribution in [3.63, 3.8) is 0 Å². The van der Waals surface area contributed by atoms with E-state index in [0.717, 1.165) is 78.5 Å². The van der Waals surface area contributed by atoms with Crippen LogP contribution in [0.1, 0.15) is 55.2 Å². The Morgan fingerprint density at radius 2 is 1.61 bits per heavy atom. The monoisotopic (exact) mass is 698 g/mol. The van der Waals surface area contributed by atoms with E-state index in [-0.39, 0.29) is 30.6 Å². The van der Waals surface area contributed by atoms with E-state index < -0.39 is 12.0 Å². The molecule has 5 amide bonds. The number of carbonyl (C=O) groups is 4. The molecular formula is C38H50N8O5. The number of aromatic nitrogens is 2. The summed E-state index contributed by atoms with van der Waals surface area (Å²) in [5, 5.41) is 23.6. The minimum absolute atomic E-state index is 0.0381. The fourth-order valence-electron chi connectivity index (χ4n) is 8.81. The lowest BCUT2D eigenvalue weighted by molar-refractivity contribution is -0.138. The topological polar surface area (TPSA) is 154 Å². The van der Waals surface area contributed by atoms with Crippen molar-refractivity contribution in [2.45, 2.75) is 70.4 Å². The molecule has 51 heavy (non-hydrogen) atoms. The number of hydrogen-bond acceptors (Lipinski definition) is 6. The van der Waals surface area contributed by atoms with Gasteiger partial charge in [-0.25, -0.2) is 9.59 Å². The number of urea groups is 2. The van der Waals surface area contributed by atoms with E-state index in [0.29, 0.717) is 63.8 Å². The first-order chi connectivity index (χ1) is 24.7. The third kappa shape index (κ3) is 7.98. The molecule has 2 aromatic carbocycles. The molecule has 1 aromatic heterocycles. The summed E-state index contributed by atoms with van der Waals surface area (Å²) in [5.41, 5.74) is 4.96. The molecule has 1 unspecified atom stereocenters. The van der Waals surface area contributed by atoms with Crippen LogP contribution in [0, 0.1) is 18.8 Å². The fraction of sp³-hybridized carbons (Fsp3) is 0.553. The van der Waals surface area contributed by atoms with Crippen molar-refractivity contribution >= 4 is 40.5 Å². The molecule has 7 rings (SSSR count). The van der Waals surface area contributed by atoms with Gasteiger partial charge in [-0.3, -0.25) is 19.6 Å². The van der Waals surface area contributed by atoms with Crippen LogP contribution < -0.4 is 10.6 Å². The number of carboxylic acids is 1. The van der Waals surface area contributed by atoms with Crippen molar-refractivity contribution in [1.82, 2.24) is 35.1 Å². The van der Waals surface area contributed by atoms with Gasteiger partial charge in [-0.15, -0.1) is 0 Å². The van der Waals surface area contributed by atoms with Crippen LogP contribution in [0.5, 0.6) is 0 Å². The van der Waals surface area contributed by atoms with E-state index in [9.17, 15) is 19.2 Å². The summed E-state index contributed by atoms with van der Waals surface area (Å²) in [6.45, 7) is 6.68. The molecule has 272 valence electrons. The number of aliphatic carboxylic acids is 1. The van der Waals surface area contributed by atoms with Gasteiger partial charge in [0.05, 0.1) is 18.3 Å². The van der Waals surface area contributed by atoms with E-state index in [4.69, 9.17) is 5.11 Å². The minimum atomic E-state index is -0.778. The maximum absolute atomic E-state index is 14.2. The van der Waals surface area contributed by atoms with E-state index >= 15 is 0 Å². The standard InChI is InChI=1S/C38H50N8O5/c1-25-20-26(21-30-23-39-42-35(25)30)22-33(36(49)44-15-8-28(9-16-44)27-6-13-43(14-7-27)24-34(47)48)41-37(50)45-17-11-31(12-18-45)46-19-10-29-4-2-3-5-32(29)40-38(46)51/h2-5,20-21,23,27-28,31,33H,6-19,22,24H2,1H3,(H,39,42)(H,40,51)(H,41,50)(H,47,48). The largest absolute Gasteiger partial charge is 0.480 e. The Kier molecular flexibility index (Phi) is 10.4. The number of fused-ring (bicyclic) bond motifs is 2. The van der Waals surface area contributed by atoms with Gasteiger partial charge in [-0.05, 0) is 106 Å². The Balaban J connectivity index is 0.977. The molecule has 0 radical (unpaired) electrons. The quantitative estimate of drug-likeness (QED) is 0.277. The Labute approximate surface area is 298 Å². The third-order valence-electron chi connectivity index (χ3n) is 11.7. The third-order valence-corrected chi connectivity index (χ3v) is 11.7. The molecule has 3 aromatic rings. The maximum atomic E-state index is 14.2. The molecular weight excluding hydrogens is 648 g/mol. The number of para-hydroxylation sites is 1. The molecule has 13 nitrogen and oxygen atoms in total. The summed E-state index contributed by atoms with van der Waals surface area (Å²) < 4.78 is 0. The van der Waals surface area contributed by atoms with Crippen molar-refractivity contribution in [1.29, 1.82) is 0 Å². The Hall–Kier alpha value is -4.65. The van der Waals surface area contributed by atoms with Gasteiger partial charge in [0.2, 0.25) is 5.91 Å². The number of anilines is 1. The number of hydrogen-bond donors (Lipinski definition) is 4. The predicted octanol–water partition coefficient (Wildman–Crippen LogP) is 4.08. The van der Waals surface area contributed by atoms with Crippen molar-refractivity contribution < 1.29 is 24.3 Å². The van der Waals surface area contributed by atoms with Crippen LogP contribution >= 0.6 is 0 Å². The number of likely N-dealkylation sites (tertiary alicyclic amines) is 3. The van der Waals surface area contributed by atoms with Crippen LogP contribution in [-0.2, 0) is 22.4 Å². The summed E-state index contributed by atoms with van der Waals surface area (Å²) in [6.07, 6.45) is 8.11. The van der Waals surface area contributed by atoms with Crippen LogP contribution in [0.3, 0.4) is 0 Å². The minimum Gasteiger partial charge on any atom is -0.480 e. The van der Waals surface area contributed by atoms with Gasteiger partial charge >= 0.3 is 18.0 Å². The number of amides is 5. The van der Waals surface area contributed by atoms with Gasteiger partial charge in [-0.2, -0.15) is 5.10 Å². The zero-order chi connectivity index (χ0) is 35.5. The molecule has 0 spiro atoms. The highest BCUT2D eigenvalue weighted by molar-refractivity contribution is 5.91. The van der Waals surface area contributed by atoms with Gasteiger partial charge in [0.15, 0.2) is 0 Å². The average Bonchev–Trinajstić information content (AvgIpc) is 3.55. The normalized spacial score (nSPS) is 20.5. The highest BCUT2D eigenvalue weighted by atomic mass is 16.4. The number of piperidine rings is 3. The smallest absolute Gasteiger partial charge is 0.322 e. The zero-order valence-electron chi connectivity index (χ0n) is 29.5. The number of H-pyrrole nitrogens is 1. The molecule has 4 N–H and O–H groups in total. The molecule has 0 aliphatic carbocycles. The highest BCUT2D eigenvalue weighted by Crippen LogP contribution is 2.33. The van der Waals surface area contributed by atoms with Crippen LogP contribution in [0.4, 0.5) is 15.3 Å². The summed E-state index contributed by atoms with van der Waals surface area (Å²) in [4.78, 5) is 60.0. The van der Waals surface area contributed by atoms with Gasteiger partial charge < -0.3 is 30.4 Å². The number of aromatic amines is 1. The second-order valence-corrected chi connectivity index (χ2v) is 14.9. The van der Waals surface area contributed by atoms with Gasteiger partial charge in [0, 0.05) is 56.3 Å². The van der Waals surface area contributed by atoms with Gasteiger partial charge in [0.25, 0.3) is 0 Å². The lowest BCUT2D eigenvalue weighted by atomic mass is 9.78. The summed E-state index contributed by atoms with van der Waals surface area (Å²) in [7, 11) is 0. The average molecular weight is 699 g/mol. The number of benzene rings is 2. The molecule has 3 saturated heterocycles. The first-order valence-corrected chi connectivity index (χ1v) is 18.6. The van der Waals surface area contributed by atoms with Crippen LogP contribution in [0.2, 0.25) is 0 Å². The van der Waals surface area contributed by atoms with Crippen LogP contribution in [-0.4, -0.2) is 123 Å². The van der Waals surface area contributed by atoms with Gasteiger partial charge in [-0.1, -0.05) is 24.3 Å². The molecule has 0 bridgehead atoms. The van der Waals surface area contributed by atoms with Gasteiger partial charge in [0.1, 0.15) is 6.04 Å². The van der Waals surface area contributed by atoms with E-state index in [1.807, 2.05) is 45.9 Å². The molecule has 13 heteroatoms. The van der Waals surface area contributed by atoms with E-state index in [1.54, 1.807) is 11.1 Å². The van der Waals surface area contributed by atoms with Crippen molar-refractivity contribution in [2.24, 2.45) is 11.8 Å². The number of nitrogens with one attached hydrogen (secondary N) is 3. The number of aryl methyl sites for hydroxylation is 1. The lowest BCUT2D eigenvalue weighted by Crippen LogP contribution is -2.57. The lowest BCUT2D eigenvalue weighted by Gasteiger charge is -2.41. The SMILES string of the molecule is Cc1cc(CC(NC(=O)N2CCC(N3CCc4ccccc4NC3=O)CC2)C(=O)N2CCC(C3CCN(CC(=O)O)CC3)CC2)cc2cn[nH]c12. The maximum Gasteiger partial charge on any atom is 0.322 e. The number of carbonyl (C=O) groups excluding carboxylic acids is 3. The second-order valence-electron chi connectivity index (χ2n) is 14.9. The number of nitrogens with zero attached hydrogens (tertiary/aromatic N) is 5. The molecule has 3 fully saturated rings. The molecule has 1 atom stereocenters. The fourth-order valence-corrected chi connectivity index (χ4v) is 8.81. The molecule has 4 aliphatic rings. The molecule has 0 saturated carbocycles. The van der Waals surface area contributed by atoms with Crippen molar-refractivity contribution in [3.8, 4) is 0 Å².